The lowest BCUT2D eigenvalue weighted by Crippen LogP contribution is -0.913. The van der Waals surface area contributed by atoms with E-state index in [2.05, 4.69) is 35.6 Å². The van der Waals surface area contributed by atoms with Crippen molar-refractivity contribution in [2.24, 2.45) is 0 Å². The third kappa shape index (κ3) is 295. The molecule has 4 nitrogen and oxygen atoms in total. The molecule has 0 saturated carbocycles. The topological polar surface area (TPSA) is 95.7 Å². The number of halogens is 3. The monoisotopic (exact) mass is 173 g/mol. The number of hydrogen-bond acceptors (Lipinski definition) is 4. The fourth-order valence-electron chi connectivity index (χ4n) is 0. The van der Waals surface area contributed by atoms with Gasteiger partial charge in [0.05, 0.1) is 35.6 Å². The molecule has 0 aliphatic rings. The van der Waals surface area contributed by atoms with Crippen molar-refractivity contribution in [2.45, 2.75) is 0 Å². The molecule has 0 aromatic carbocycles. The number of hydrogen-bond donors (Lipinski definition) is 4. The first-order valence-electron chi connectivity index (χ1n) is 0.507. The van der Waals surface area contributed by atoms with E-state index in [0.29, 0.717) is 0 Å². The summed E-state index contributed by atoms with van der Waals surface area (Å²) >= 11 is 10.9. The summed E-state index contributed by atoms with van der Waals surface area (Å²) in [6.45, 7) is 0. The fraction of sp³-hybridized carbons (Fsp3) is 0. The number of rotatable bonds is 0. The van der Waals surface area contributed by atoms with Crippen molar-refractivity contribution >= 4 is 35.6 Å². The summed E-state index contributed by atoms with van der Waals surface area (Å²) in [7, 11) is 0. The zero-order chi connectivity index (χ0) is 6.00. The Hall–Kier alpha value is 0.710. The average molecular weight is 174 g/mol. The fourth-order valence-corrected chi connectivity index (χ4v) is 0. The Bertz CT molecular complexity index is 10.1. The first-order chi connectivity index (χ1) is 3.00. The van der Waals surface area contributed by atoms with E-state index in [1.54, 1.807) is 0 Å². The van der Waals surface area contributed by atoms with Gasteiger partial charge in [0.1, 0.15) is 0 Å². The van der Waals surface area contributed by atoms with Gasteiger partial charge in [-0.3, -0.25) is 14.0 Å². The first-order valence-corrected chi connectivity index (χ1v) is 1.52. The summed E-state index contributed by atoms with van der Waals surface area (Å²) in [5.41, 5.74) is 0. The molecule has 0 unspecified atom stereocenters. The van der Waals surface area contributed by atoms with Crippen molar-refractivity contribution in [1.82, 2.24) is 6.15 Å². The van der Waals surface area contributed by atoms with Crippen LogP contribution in [0.3, 0.4) is 0 Å². The summed E-state index contributed by atoms with van der Waals surface area (Å²) in [5, 5.41) is 0. The predicted octanol–water partition coefficient (Wildman–Crippen LogP) is 0.559. The van der Waals surface area contributed by atoms with Crippen LogP contribution in [-0.2, 0) is 0 Å². The van der Waals surface area contributed by atoms with Crippen LogP contribution in [0.1, 0.15) is 0 Å². The van der Waals surface area contributed by atoms with Crippen LogP contribution in [0.2, 0.25) is 0 Å². The molecule has 0 aliphatic heterocycles. The lowest BCUT2D eigenvalue weighted by molar-refractivity contribution is 0.632. The van der Waals surface area contributed by atoms with Crippen molar-refractivity contribution < 1.29 is 14.0 Å². The largest absolute Gasteiger partial charge is 0.344 e. The highest BCUT2D eigenvalue weighted by atomic mass is 35.5. The Balaban J connectivity index is -0.00000000900. The molecule has 0 heterocycles. The van der Waals surface area contributed by atoms with E-state index in [1.165, 1.54) is 0 Å². The second-order valence-electron chi connectivity index (χ2n) is 0. The summed E-state index contributed by atoms with van der Waals surface area (Å²) in [6.07, 6.45) is 0. The first kappa shape index (κ1) is 25.2. The zero-order valence-corrected chi connectivity index (χ0v) is 5.45. The molecule has 0 spiro atoms. The SMILES string of the molecule is N.OCl.OCl.OCl. The second kappa shape index (κ2) is 434. The summed E-state index contributed by atoms with van der Waals surface area (Å²) in [6, 6.07) is 0. The van der Waals surface area contributed by atoms with Gasteiger partial charge >= 0.3 is 0 Å². The van der Waals surface area contributed by atoms with Gasteiger partial charge in [-0.2, -0.15) is 0 Å². The van der Waals surface area contributed by atoms with Gasteiger partial charge < -0.3 is 6.15 Å². The van der Waals surface area contributed by atoms with Crippen LogP contribution in [0.5, 0.6) is 0 Å². The van der Waals surface area contributed by atoms with Gasteiger partial charge in [0.2, 0.25) is 0 Å². The van der Waals surface area contributed by atoms with Gasteiger partial charge in [0.25, 0.3) is 0 Å². The van der Waals surface area contributed by atoms with Crippen LogP contribution >= 0.6 is 35.6 Å². The van der Waals surface area contributed by atoms with E-state index >= 15 is 0 Å². The Labute approximate surface area is 56.3 Å². The van der Waals surface area contributed by atoms with Gasteiger partial charge in [0, 0.05) is 0 Å². The third-order valence-electron chi connectivity index (χ3n) is 0. The molecule has 0 amide bonds. The van der Waals surface area contributed by atoms with Crippen molar-refractivity contribution in [3.63, 3.8) is 0 Å². The molecule has 0 aliphatic carbocycles. The van der Waals surface area contributed by atoms with E-state index in [4.69, 9.17) is 14.0 Å². The maximum Gasteiger partial charge on any atom is 0.0579 e. The van der Waals surface area contributed by atoms with Crippen LogP contribution in [-0.4, -0.2) is 14.0 Å². The van der Waals surface area contributed by atoms with Gasteiger partial charge in [-0.1, -0.05) is 0 Å². The molecule has 7 heavy (non-hydrogen) atoms. The van der Waals surface area contributed by atoms with Gasteiger partial charge in [0.15, 0.2) is 0 Å². The molecule has 0 saturated heterocycles. The predicted molar refractivity (Wildman–Crippen MR) is 29.2 cm³/mol. The standard InChI is InChI=1S/3ClHO.H3N/c3*1-2;/h3*2H;1H3. The molecule has 0 aromatic heterocycles. The molecular formula is H6Cl3NO3. The Morgan fingerprint density at radius 3 is 0.571 bits per heavy atom. The smallest absolute Gasteiger partial charge is 0.0579 e. The lowest BCUT2D eigenvalue weighted by atomic mass is 14.0. The second-order valence-corrected chi connectivity index (χ2v) is 0. The maximum atomic E-state index is 6.47. The molecule has 0 radical (unpaired) electrons. The Morgan fingerprint density at radius 1 is 0.571 bits per heavy atom. The normalized spacial score (nSPS) is 2.57. The van der Waals surface area contributed by atoms with E-state index in [9.17, 15) is 0 Å². The van der Waals surface area contributed by atoms with Crippen LogP contribution < -0.4 is 6.15 Å². The summed E-state index contributed by atoms with van der Waals surface area (Å²) in [5.74, 6) is 0. The molecular weight excluding hydrogens is 168 g/mol. The average Bonchev–Trinajstić information content (AvgIpc) is 1.81. The minimum Gasteiger partial charge on any atom is -0.344 e. The highest BCUT2D eigenvalue weighted by Gasteiger charge is 0.901. The molecule has 0 bridgehead atoms. The minimum atomic E-state index is 0. The Kier molecular flexibility index (Phi) is 1560. The summed E-state index contributed by atoms with van der Waals surface area (Å²) < 4.78 is 19.4. The molecule has 50 valence electrons. The van der Waals surface area contributed by atoms with E-state index in [-0.39, 0.29) is 6.15 Å². The Morgan fingerprint density at radius 2 is 0.571 bits per heavy atom. The highest BCUT2D eigenvalue weighted by molar-refractivity contribution is 6.05. The summed E-state index contributed by atoms with van der Waals surface area (Å²) in [4.78, 5) is 0. The van der Waals surface area contributed by atoms with Gasteiger partial charge in [-0.15, -0.1) is 0 Å². The molecule has 0 rings (SSSR count). The van der Waals surface area contributed by atoms with Crippen LogP contribution in [0, 0.1) is 0 Å². The molecule has 0 atom stereocenters. The van der Waals surface area contributed by atoms with Crippen LogP contribution in [0.4, 0.5) is 0 Å². The molecule has 0 aromatic rings. The molecule has 6 N–H and O–H groups in total. The minimum absolute atomic E-state index is 0. The van der Waals surface area contributed by atoms with E-state index < -0.39 is 0 Å². The highest BCUT2D eigenvalue weighted by Crippen LogP contribution is 1.32. The van der Waals surface area contributed by atoms with Gasteiger partial charge in [-0.25, -0.2) is 0 Å². The van der Waals surface area contributed by atoms with Crippen molar-refractivity contribution in [3.8, 4) is 0 Å². The van der Waals surface area contributed by atoms with Crippen LogP contribution in [0.15, 0.2) is 0 Å². The van der Waals surface area contributed by atoms with Gasteiger partial charge in [-0.05, 0) is 0 Å². The van der Waals surface area contributed by atoms with Crippen molar-refractivity contribution in [3.05, 3.63) is 0 Å². The van der Waals surface area contributed by atoms with E-state index in [0.717, 1.165) is 0 Å². The van der Waals surface area contributed by atoms with Crippen molar-refractivity contribution in [1.29, 1.82) is 0 Å². The quantitative estimate of drug-likeness (QED) is 0.431. The molecule has 7 heteroatoms. The van der Waals surface area contributed by atoms with Crippen molar-refractivity contribution in [2.75, 3.05) is 0 Å². The zero-order valence-electron chi connectivity index (χ0n) is 3.18. The van der Waals surface area contributed by atoms with E-state index in [1.807, 2.05) is 0 Å². The molecule has 0 fully saturated rings. The lowest BCUT2D eigenvalue weighted by Gasteiger charge is -1.13. The maximum absolute atomic E-state index is 6.47. The van der Waals surface area contributed by atoms with Crippen LogP contribution in [0.25, 0.3) is 0 Å². The third-order valence-corrected chi connectivity index (χ3v) is 0.